The Hall–Kier alpha value is -5.55. The highest BCUT2D eigenvalue weighted by molar-refractivity contribution is 7.86. The summed E-state index contributed by atoms with van der Waals surface area (Å²) in [5.41, 5.74) is 4.05. The molecule has 1 aliphatic rings. The summed E-state index contributed by atoms with van der Waals surface area (Å²) in [6, 6.07) is 11.5. The maximum absolute atomic E-state index is 13.9. The highest BCUT2D eigenvalue weighted by Gasteiger charge is 2.37. The molecule has 0 unspecified atom stereocenters. The average molecular weight is 816 g/mol. The van der Waals surface area contributed by atoms with Crippen LogP contribution in [0, 0.1) is 20.8 Å². The maximum atomic E-state index is 13.9. The number of nitrogens with one attached hydrogen (secondary N) is 3. The van der Waals surface area contributed by atoms with Crippen molar-refractivity contribution in [2.45, 2.75) is 35.5 Å². The minimum atomic E-state index is -5.11. The molecule has 0 atom stereocenters. The molecule has 4 aromatic carbocycles. The van der Waals surface area contributed by atoms with E-state index in [0.717, 1.165) is 18.2 Å². The largest absolute Gasteiger partial charge is 0.397 e. The van der Waals surface area contributed by atoms with Crippen LogP contribution in [0.15, 0.2) is 69.3 Å². The molecular formula is C32H26ClN7O11S3. The van der Waals surface area contributed by atoms with E-state index in [2.05, 4.69) is 30.9 Å². The first-order valence-corrected chi connectivity index (χ1v) is 19.8. The molecule has 0 fully saturated rings. The van der Waals surface area contributed by atoms with E-state index in [4.69, 9.17) is 17.3 Å². The normalized spacial score (nSPS) is 12.9. The lowest BCUT2D eigenvalue weighted by Gasteiger charge is -2.26. The number of carbonyl (C=O) groups is 2. The van der Waals surface area contributed by atoms with Crippen molar-refractivity contribution in [1.82, 2.24) is 15.0 Å². The van der Waals surface area contributed by atoms with Crippen LogP contribution < -0.4 is 21.7 Å². The molecule has 0 amide bonds. The van der Waals surface area contributed by atoms with Crippen molar-refractivity contribution in [3.63, 3.8) is 0 Å². The molecule has 0 saturated carbocycles. The van der Waals surface area contributed by atoms with Crippen LogP contribution in [0.2, 0.25) is 5.28 Å². The van der Waals surface area contributed by atoms with Gasteiger partial charge < -0.3 is 21.7 Å². The van der Waals surface area contributed by atoms with E-state index in [9.17, 15) is 48.5 Å². The van der Waals surface area contributed by atoms with Crippen LogP contribution in [0.1, 0.15) is 48.5 Å². The highest BCUT2D eigenvalue weighted by Crippen LogP contribution is 2.44. The van der Waals surface area contributed by atoms with Gasteiger partial charge in [0.05, 0.1) is 33.1 Å². The quantitative estimate of drug-likeness (QED) is 0.0763. The fourth-order valence-corrected chi connectivity index (χ4v) is 8.45. The minimum absolute atomic E-state index is 0.0313. The molecule has 5 aromatic rings. The number of hydrogen-bond acceptors (Lipinski definition) is 15. The van der Waals surface area contributed by atoms with Crippen LogP contribution in [0.3, 0.4) is 0 Å². The Morgan fingerprint density at radius 3 is 1.76 bits per heavy atom. The number of anilines is 7. The molecule has 0 saturated heterocycles. The summed E-state index contributed by atoms with van der Waals surface area (Å²) in [6.45, 7) is 4.14. The number of nitrogens with zero attached hydrogens (tertiary/aromatic N) is 3. The third kappa shape index (κ3) is 6.96. The molecule has 54 heavy (non-hydrogen) atoms. The van der Waals surface area contributed by atoms with Gasteiger partial charge in [-0.05, 0) is 73.3 Å². The number of hydrogen-bond donors (Lipinski definition) is 7. The Balaban J connectivity index is 1.52. The second kappa shape index (κ2) is 13.4. The molecule has 18 nitrogen and oxygen atoms in total. The molecule has 6 rings (SSSR count). The van der Waals surface area contributed by atoms with Gasteiger partial charge in [0, 0.05) is 22.5 Å². The highest BCUT2D eigenvalue weighted by atomic mass is 35.5. The van der Waals surface area contributed by atoms with E-state index in [1.807, 2.05) is 0 Å². The lowest BCUT2D eigenvalue weighted by molar-refractivity contribution is 0.0980. The number of carbonyl (C=O) groups excluding carboxylic acids is 2. The summed E-state index contributed by atoms with van der Waals surface area (Å²) in [5, 5.41) is 8.01. The van der Waals surface area contributed by atoms with Crippen molar-refractivity contribution in [2.24, 2.45) is 0 Å². The summed E-state index contributed by atoms with van der Waals surface area (Å²) in [7, 11) is -14.7. The van der Waals surface area contributed by atoms with E-state index in [0.29, 0.717) is 0 Å². The lowest BCUT2D eigenvalue weighted by atomic mass is 9.82. The fourth-order valence-electron chi connectivity index (χ4n) is 6.14. The molecule has 1 aliphatic carbocycles. The first-order chi connectivity index (χ1) is 25.1. The van der Waals surface area contributed by atoms with E-state index >= 15 is 0 Å². The first-order valence-electron chi connectivity index (χ1n) is 15.1. The number of nitrogen functional groups attached to an aromatic ring is 1. The minimum Gasteiger partial charge on any atom is -0.397 e. The molecule has 0 radical (unpaired) electrons. The monoisotopic (exact) mass is 815 g/mol. The summed E-state index contributed by atoms with van der Waals surface area (Å²) < 4.78 is 104. The average Bonchev–Trinajstić information content (AvgIpc) is 3.06. The number of nitrogens with two attached hydrogens (primary N) is 1. The number of benzene rings is 4. The molecule has 280 valence electrons. The molecule has 1 heterocycles. The maximum Gasteiger partial charge on any atom is 0.296 e. The summed E-state index contributed by atoms with van der Waals surface area (Å²) >= 11 is 6.16. The Bertz CT molecular complexity index is 2830. The summed E-state index contributed by atoms with van der Waals surface area (Å²) in [5.74, 6) is -2.07. The van der Waals surface area contributed by atoms with Crippen molar-refractivity contribution in [2.75, 3.05) is 21.7 Å². The van der Waals surface area contributed by atoms with Crippen LogP contribution in [0.5, 0.6) is 0 Å². The molecule has 1 aromatic heterocycles. The third-order valence-corrected chi connectivity index (χ3v) is 11.5. The number of halogens is 1. The standard InChI is InChI=1S/C32H26ClN7O11S3/c1-13-25(36-20-12-21(53(46,47)48)24(34)23-22(20)27(41)18-9-4-5-10-19(18)28(23)42)14(2)29(54(49,50)51)15(3)26(13)37-32-39-30(33)38-31(40-32)35-16-7-6-8-17(11-16)52(43,44)45/h4-12,36H,34H2,1-3H3,(H,43,44,45)(H,46,47,48)(H,49,50,51)(H2,35,37,38,39,40). The van der Waals surface area contributed by atoms with Gasteiger partial charge in [-0.2, -0.15) is 40.2 Å². The van der Waals surface area contributed by atoms with Crippen molar-refractivity contribution in [1.29, 1.82) is 0 Å². The zero-order chi connectivity index (χ0) is 39.7. The van der Waals surface area contributed by atoms with E-state index in [1.54, 1.807) is 0 Å². The smallest absolute Gasteiger partial charge is 0.296 e. The summed E-state index contributed by atoms with van der Waals surface area (Å²) in [6.07, 6.45) is 0. The zero-order valence-corrected chi connectivity index (χ0v) is 31.0. The van der Waals surface area contributed by atoms with Gasteiger partial charge in [-0.25, -0.2) is 0 Å². The van der Waals surface area contributed by atoms with Crippen LogP contribution in [-0.4, -0.2) is 65.4 Å². The molecule has 0 bridgehead atoms. The second-order valence-corrected chi connectivity index (χ2v) is 16.3. The third-order valence-electron chi connectivity index (χ3n) is 8.41. The number of ketones is 2. The van der Waals surface area contributed by atoms with Crippen LogP contribution >= 0.6 is 11.6 Å². The van der Waals surface area contributed by atoms with Crippen LogP contribution in [0.4, 0.5) is 40.3 Å². The van der Waals surface area contributed by atoms with Crippen molar-refractivity contribution >= 4 is 93.9 Å². The van der Waals surface area contributed by atoms with Gasteiger partial charge >= 0.3 is 0 Å². The van der Waals surface area contributed by atoms with Gasteiger partial charge in [0.15, 0.2) is 11.6 Å². The van der Waals surface area contributed by atoms with Gasteiger partial charge in [-0.1, -0.05) is 30.3 Å². The predicted molar refractivity (Wildman–Crippen MR) is 195 cm³/mol. The van der Waals surface area contributed by atoms with E-state index in [-0.39, 0.29) is 73.3 Å². The number of rotatable bonds is 9. The molecule has 22 heteroatoms. The van der Waals surface area contributed by atoms with Gasteiger partial charge in [0.2, 0.25) is 17.2 Å². The van der Waals surface area contributed by atoms with Crippen molar-refractivity contribution in [3.8, 4) is 0 Å². The molecule has 0 spiro atoms. The van der Waals surface area contributed by atoms with Crippen molar-refractivity contribution in [3.05, 3.63) is 98.8 Å². The van der Waals surface area contributed by atoms with E-state index < -0.39 is 67.9 Å². The Morgan fingerprint density at radius 1 is 0.648 bits per heavy atom. The van der Waals surface area contributed by atoms with Gasteiger partial charge in [0.25, 0.3) is 30.4 Å². The topological polar surface area (TPSA) is 298 Å². The molecule has 8 N–H and O–H groups in total. The van der Waals surface area contributed by atoms with Crippen LogP contribution in [0.25, 0.3) is 0 Å². The number of fused-ring (bicyclic) bond motifs is 2. The zero-order valence-electron chi connectivity index (χ0n) is 27.8. The van der Waals surface area contributed by atoms with Gasteiger partial charge in [0.1, 0.15) is 9.79 Å². The Kier molecular flexibility index (Phi) is 9.47. The molecule has 0 aliphatic heterocycles. The van der Waals surface area contributed by atoms with Gasteiger partial charge in [-0.3, -0.25) is 23.2 Å². The summed E-state index contributed by atoms with van der Waals surface area (Å²) in [4.78, 5) is 37.8. The van der Waals surface area contributed by atoms with Gasteiger partial charge in [-0.15, -0.1) is 0 Å². The Morgan fingerprint density at radius 2 is 1.20 bits per heavy atom. The second-order valence-electron chi connectivity index (χ2n) is 11.8. The van der Waals surface area contributed by atoms with Crippen molar-refractivity contribution < 1.29 is 48.5 Å². The number of aromatic nitrogens is 3. The lowest BCUT2D eigenvalue weighted by Crippen LogP contribution is -2.25. The SMILES string of the molecule is Cc1c(Nc2nc(Cl)nc(Nc3cccc(S(=O)(=O)O)c3)n2)c(C)c(S(=O)(=O)O)c(C)c1Nc1cc(S(=O)(=O)O)c(N)c2c1C(=O)c1ccccc1C2=O. The Labute approximate surface area is 312 Å². The van der Waals surface area contributed by atoms with E-state index in [1.165, 1.54) is 57.2 Å². The predicted octanol–water partition coefficient (Wildman–Crippen LogP) is 4.78. The molecular weight excluding hydrogens is 790 g/mol. The van der Waals surface area contributed by atoms with Crippen LogP contribution in [-0.2, 0) is 30.4 Å². The fraction of sp³-hybridized carbons (Fsp3) is 0.0938. The first kappa shape index (κ1) is 38.2.